The van der Waals surface area contributed by atoms with E-state index in [1.807, 2.05) is 0 Å². The second-order valence-electron chi connectivity index (χ2n) is 8.18. The summed E-state index contributed by atoms with van der Waals surface area (Å²) in [6.07, 6.45) is 4.33. The minimum absolute atomic E-state index is 0.0609. The molecule has 3 rings (SSSR count). The van der Waals surface area contributed by atoms with Gasteiger partial charge in [0.25, 0.3) is 5.91 Å². The van der Waals surface area contributed by atoms with Crippen LogP contribution in [-0.2, 0) is 30.5 Å². The van der Waals surface area contributed by atoms with Crippen molar-refractivity contribution in [2.75, 3.05) is 25.5 Å². The molecular weight excluding hydrogens is 428 g/mol. The second kappa shape index (κ2) is 11.4. The third kappa shape index (κ3) is 6.30. The van der Waals surface area contributed by atoms with Crippen molar-refractivity contribution in [1.82, 2.24) is 15.5 Å². The van der Waals surface area contributed by atoms with Crippen molar-refractivity contribution >= 4 is 35.3 Å². The van der Waals surface area contributed by atoms with Gasteiger partial charge in [0.05, 0.1) is 13.7 Å². The number of anilines is 1. The van der Waals surface area contributed by atoms with E-state index in [2.05, 4.69) is 20.7 Å². The number of fused-ring (bicyclic) bond motifs is 1. The SMILES string of the molecule is COC(=O)CCCCCCNC(=O)CNc1cccc2c1CN(C1CCC(=O)NC1=O)C2=O. The smallest absolute Gasteiger partial charge is 0.305 e. The molecule has 1 fully saturated rings. The lowest BCUT2D eigenvalue weighted by Gasteiger charge is -2.29. The number of esters is 1. The van der Waals surface area contributed by atoms with Crippen molar-refractivity contribution in [2.45, 2.75) is 57.5 Å². The van der Waals surface area contributed by atoms with Crippen molar-refractivity contribution in [3.05, 3.63) is 29.3 Å². The minimum Gasteiger partial charge on any atom is -0.469 e. The second-order valence-corrected chi connectivity index (χ2v) is 8.18. The number of carbonyl (C=O) groups excluding carboxylic acids is 5. The van der Waals surface area contributed by atoms with E-state index in [0.717, 1.165) is 31.2 Å². The number of piperidine rings is 1. The standard InChI is InChI=1S/C23H30N4O6/c1-33-21(30)9-4-2-3-5-12-24-20(29)13-25-17-8-6-7-15-16(17)14-27(23(15)32)18-10-11-19(28)26-22(18)31/h6-8,18,25H,2-5,9-14H2,1H3,(H,24,29)(H,26,28,31). The fourth-order valence-electron chi connectivity index (χ4n) is 4.07. The summed E-state index contributed by atoms with van der Waals surface area (Å²) in [4.78, 5) is 61.2. The zero-order chi connectivity index (χ0) is 23.8. The molecule has 1 saturated heterocycles. The highest BCUT2D eigenvalue weighted by atomic mass is 16.5. The van der Waals surface area contributed by atoms with Crippen LogP contribution in [0.2, 0.25) is 0 Å². The van der Waals surface area contributed by atoms with Gasteiger partial charge in [0.15, 0.2) is 0 Å². The molecule has 4 amide bonds. The molecule has 0 saturated carbocycles. The molecule has 1 aromatic rings. The number of ether oxygens (including phenoxy) is 1. The Balaban J connectivity index is 1.44. The van der Waals surface area contributed by atoms with E-state index in [4.69, 9.17) is 0 Å². The van der Waals surface area contributed by atoms with Gasteiger partial charge in [0.1, 0.15) is 6.04 Å². The number of carbonyl (C=O) groups is 5. The van der Waals surface area contributed by atoms with Crippen LogP contribution in [0.25, 0.3) is 0 Å². The molecule has 1 unspecified atom stereocenters. The van der Waals surface area contributed by atoms with Crippen LogP contribution in [0, 0.1) is 0 Å². The molecule has 1 aromatic carbocycles. The Bertz CT molecular complexity index is 932. The molecule has 0 radical (unpaired) electrons. The van der Waals surface area contributed by atoms with Gasteiger partial charge < -0.3 is 20.3 Å². The van der Waals surface area contributed by atoms with Gasteiger partial charge in [-0.25, -0.2) is 0 Å². The molecule has 3 N–H and O–H groups in total. The quantitative estimate of drug-likeness (QED) is 0.257. The van der Waals surface area contributed by atoms with E-state index < -0.39 is 11.9 Å². The highest BCUT2D eigenvalue weighted by molar-refractivity contribution is 6.06. The number of nitrogens with zero attached hydrogens (tertiary/aromatic N) is 1. The topological polar surface area (TPSA) is 134 Å². The molecule has 0 aromatic heterocycles. The molecule has 1 atom stereocenters. The van der Waals surface area contributed by atoms with E-state index >= 15 is 0 Å². The Morgan fingerprint density at radius 1 is 1.15 bits per heavy atom. The molecule has 2 heterocycles. The van der Waals surface area contributed by atoms with Crippen molar-refractivity contribution in [3.63, 3.8) is 0 Å². The lowest BCUT2D eigenvalue weighted by Crippen LogP contribution is -2.52. The molecule has 0 aliphatic carbocycles. The highest BCUT2D eigenvalue weighted by Gasteiger charge is 2.39. The lowest BCUT2D eigenvalue weighted by molar-refractivity contribution is -0.141. The van der Waals surface area contributed by atoms with E-state index in [9.17, 15) is 24.0 Å². The summed E-state index contributed by atoms with van der Waals surface area (Å²) < 4.78 is 4.60. The summed E-state index contributed by atoms with van der Waals surface area (Å²) >= 11 is 0. The fourth-order valence-corrected chi connectivity index (χ4v) is 4.07. The molecule has 2 aliphatic heterocycles. The zero-order valence-electron chi connectivity index (χ0n) is 18.8. The Morgan fingerprint density at radius 3 is 2.70 bits per heavy atom. The summed E-state index contributed by atoms with van der Waals surface area (Å²) in [6, 6.07) is 4.56. The predicted molar refractivity (Wildman–Crippen MR) is 119 cm³/mol. The number of hydrogen-bond donors (Lipinski definition) is 3. The molecule has 33 heavy (non-hydrogen) atoms. The molecule has 0 bridgehead atoms. The predicted octanol–water partition coefficient (Wildman–Crippen LogP) is 1.10. The molecule has 10 nitrogen and oxygen atoms in total. The maximum atomic E-state index is 12.8. The normalized spacial score (nSPS) is 17.4. The average Bonchev–Trinajstić information content (AvgIpc) is 3.13. The van der Waals surface area contributed by atoms with Gasteiger partial charge in [-0.3, -0.25) is 29.3 Å². The summed E-state index contributed by atoms with van der Waals surface area (Å²) in [7, 11) is 1.38. The van der Waals surface area contributed by atoms with Gasteiger partial charge in [-0.2, -0.15) is 0 Å². The number of amides is 4. The van der Waals surface area contributed by atoms with Crippen LogP contribution in [0.3, 0.4) is 0 Å². The first-order valence-corrected chi connectivity index (χ1v) is 11.2. The Hall–Kier alpha value is -3.43. The first-order valence-electron chi connectivity index (χ1n) is 11.2. The van der Waals surface area contributed by atoms with E-state index in [1.165, 1.54) is 12.0 Å². The molecule has 178 valence electrons. The van der Waals surface area contributed by atoms with E-state index in [0.29, 0.717) is 30.6 Å². The summed E-state index contributed by atoms with van der Waals surface area (Å²) in [5, 5.41) is 8.24. The number of nitrogens with one attached hydrogen (secondary N) is 3. The molecular formula is C23H30N4O6. The number of rotatable bonds is 11. The van der Waals surface area contributed by atoms with E-state index in [-0.39, 0.29) is 43.2 Å². The van der Waals surface area contributed by atoms with Gasteiger partial charge in [-0.1, -0.05) is 18.9 Å². The summed E-state index contributed by atoms with van der Waals surface area (Å²) in [5.41, 5.74) is 1.91. The molecule has 2 aliphatic rings. The Labute approximate surface area is 192 Å². The third-order valence-electron chi connectivity index (χ3n) is 5.88. The van der Waals surface area contributed by atoms with Crippen molar-refractivity contribution in [1.29, 1.82) is 0 Å². The van der Waals surface area contributed by atoms with Crippen LogP contribution in [0.5, 0.6) is 0 Å². The van der Waals surface area contributed by atoms with Crippen LogP contribution < -0.4 is 16.0 Å². The van der Waals surface area contributed by atoms with Gasteiger partial charge in [0.2, 0.25) is 17.7 Å². The van der Waals surface area contributed by atoms with E-state index in [1.54, 1.807) is 18.2 Å². The number of unbranched alkanes of at least 4 members (excludes halogenated alkanes) is 3. The van der Waals surface area contributed by atoms with Crippen LogP contribution in [0.15, 0.2) is 18.2 Å². The molecule has 10 heteroatoms. The van der Waals surface area contributed by atoms with Gasteiger partial charge in [-0.15, -0.1) is 0 Å². The van der Waals surface area contributed by atoms with Crippen LogP contribution >= 0.6 is 0 Å². The zero-order valence-corrected chi connectivity index (χ0v) is 18.8. The highest BCUT2D eigenvalue weighted by Crippen LogP contribution is 2.32. The van der Waals surface area contributed by atoms with Crippen molar-refractivity contribution in [2.24, 2.45) is 0 Å². The van der Waals surface area contributed by atoms with Crippen LogP contribution in [0.1, 0.15) is 60.9 Å². The molecule has 0 spiro atoms. The number of benzene rings is 1. The summed E-state index contributed by atoms with van der Waals surface area (Å²) in [6.45, 7) is 0.857. The monoisotopic (exact) mass is 458 g/mol. The first-order chi connectivity index (χ1) is 15.9. The number of methoxy groups -OCH3 is 1. The third-order valence-corrected chi connectivity index (χ3v) is 5.88. The fraction of sp³-hybridized carbons (Fsp3) is 0.522. The maximum absolute atomic E-state index is 12.8. The Morgan fingerprint density at radius 2 is 1.94 bits per heavy atom. The van der Waals surface area contributed by atoms with Gasteiger partial charge in [-0.05, 0) is 31.4 Å². The minimum atomic E-state index is -0.675. The Kier molecular flexibility index (Phi) is 8.39. The van der Waals surface area contributed by atoms with Crippen LogP contribution in [0.4, 0.5) is 5.69 Å². The number of imide groups is 1. The largest absolute Gasteiger partial charge is 0.469 e. The lowest BCUT2D eigenvalue weighted by atomic mass is 10.0. The van der Waals surface area contributed by atoms with Crippen molar-refractivity contribution < 1.29 is 28.7 Å². The van der Waals surface area contributed by atoms with Crippen molar-refractivity contribution in [3.8, 4) is 0 Å². The van der Waals surface area contributed by atoms with Gasteiger partial charge in [0, 0.05) is 42.7 Å². The first kappa shape index (κ1) is 24.2. The maximum Gasteiger partial charge on any atom is 0.305 e. The average molecular weight is 459 g/mol. The van der Waals surface area contributed by atoms with Crippen LogP contribution in [-0.4, -0.2) is 60.7 Å². The summed E-state index contributed by atoms with van der Waals surface area (Å²) in [5.74, 6) is -1.39. The number of hydrogen-bond acceptors (Lipinski definition) is 7. The van der Waals surface area contributed by atoms with Gasteiger partial charge >= 0.3 is 5.97 Å².